The van der Waals surface area contributed by atoms with Crippen LogP contribution in [0.1, 0.15) is 30.0 Å². The smallest absolute Gasteiger partial charge is 0.329 e. The van der Waals surface area contributed by atoms with Gasteiger partial charge in [0, 0.05) is 5.56 Å². The predicted molar refractivity (Wildman–Crippen MR) is 112 cm³/mol. The van der Waals surface area contributed by atoms with Crippen molar-refractivity contribution < 1.29 is 19.2 Å². The molecule has 0 aliphatic carbocycles. The van der Waals surface area contributed by atoms with Crippen LogP contribution in [-0.2, 0) is 17.8 Å². The van der Waals surface area contributed by atoms with E-state index in [2.05, 4.69) is 24.4 Å². The number of urea groups is 1. The molecule has 1 fully saturated rings. The van der Waals surface area contributed by atoms with Gasteiger partial charge in [-0.1, -0.05) is 36.4 Å². The molecule has 154 valence electrons. The van der Waals surface area contributed by atoms with E-state index in [1.165, 1.54) is 16.0 Å². The van der Waals surface area contributed by atoms with Crippen LogP contribution in [0.25, 0.3) is 0 Å². The zero-order chi connectivity index (χ0) is 21.0. The molecule has 1 aliphatic rings. The molecule has 3 rings (SSSR count). The molecular formula is C23H30N3O3+. The van der Waals surface area contributed by atoms with Crippen molar-refractivity contribution in [2.45, 2.75) is 38.8 Å². The van der Waals surface area contributed by atoms with E-state index in [-0.39, 0.29) is 11.9 Å². The maximum atomic E-state index is 13.0. The summed E-state index contributed by atoms with van der Waals surface area (Å²) in [6, 6.07) is 15.7. The molecule has 0 saturated carbocycles. The molecule has 3 amide bonds. The molecule has 0 aromatic heterocycles. The van der Waals surface area contributed by atoms with Gasteiger partial charge in [0.15, 0.2) is 6.67 Å². The largest absolute Gasteiger partial charge is 0.497 e. The number of rotatable bonds is 8. The number of benzene rings is 2. The fourth-order valence-corrected chi connectivity index (χ4v) is 3.71. The van der Waals surface area contributed by atoms with Gasteiger partial charge in [-0.2, -0.15) is 0 Å². The minimum atomic E-state index is -0.875. The molecule has 2 aromatic rings. The highest BCUT2D eigenvalue weighted by Gasteiger charge is 2.48. The van der Waals surface area contributed by atoms with E-state index in [0.29, 0.717) is 19.5 Å². The van der Waals surface area contributed by atoms with Gasteiger partial charge in [-0.3, -0.25) is 4.79 Å². The molecule has 6 nitrogen and oxygen atoms in total. The highest BCUT2D eigenvalue weighted by molar-refractivity contribution is 6.06. The first-order valence-electron chi connectivity index (χ1n) is 9.95. The predicted octanol–water partition coefficient (Wildman–Crippen LogP) is 1.92. The number of nitrogens with zero attached hydrogens (tertiary/aromatic N) is 1. The van der Waals surface area contributed by atoms with E-state index in [9.17, 15) is 9.59 Å². The molecule has 2 aromatic carbocycles. The van der Waals surface area contributed by atoms with Crippen LogP contribution in [0.2, 0.25) is 0 Å². The summed E-state index contributed by atoms with van der Waals surface area (Å²) in [5.74, 6) is 0.649. The van der Waals surface area contributed by atoms with E-state index >= 15 is 0 Å². The van der Waals surface area contributed by atoms with E-state index < -0.39 is 5.54 Å². The number of hydrogen-bond acceptors (Lipinski definition) is 3. The van der Waals surface area contributed by atoms with Crippen molar-refractivity contribution in [3.8, 4) is 5.75 Å². The maximum absolute atomic E-state index is 13.0. The van der Waals surface area contributed by atoms with Crippen LogP contribution < -0.4 is 15.0 Å². The van der Waals surface area contributed by atoms with Crippen LogP contribution in [-0.4, -0.2) is 43.2 Å². The van der Waals surface area contributed by atoms with Gasteiger partial charge in [0.05, 0.1) is 14.2 Å². The van der Waals surface area contributed by atoms with Crippen LogP contribution >= 0.6 is 0 Å². The normalized spacial score (nSPS) is 19.9. The number of hydrogen-bond donors (Lipinski definition) is 2. The zero-order valence-corrected chi connectivity index (χ0v) is 17.6. The summed E-state index contributed by atoms with van der Waals surface area (Å²) >= 11 is 0. The minimum absolute atomic E-state index is 0.153. The van der Waals surface area contributed by atoms with Crippen molar-refractivity contribution in [1.82, 2.24) is 10.2 Å². The summed E-state index contributed by atoms with van der Waals surface area (Å²) in [4.78, 5) is 28.0. The van der Waals surface area contributed by atoms with Crippen molar-refractivity contribution in [2.24, 2.45) is 0 Å². The van der Waals surface area contributed by atoms with Crippen molar-refractivity contribution in [1.29, 1.82) is 0 Å². The minimum Gasteiger partial charge on any atom is -0.497 e. The fraction of sp³-hybridized carbons (Fsp3) is 0.391. The van der Waals surface area contributed by atoms with Gasteiger partial charge in [0.25, 0.3) is 5.91 Å². The first-order chi connectivity index (χ1) is 13.8. The van der Waals surface area contributed by atoms with Gasteiger partial charge in [0.2, 0.25) is 0 Å². The second kappa shape index (κ2) is 8.66. The average molecular weight is 397 g/mol. The van der Waals surface area contributed by atoms with E-state index in [1.54, 1.807) is 7.11 Å². The number of carbonyl (C=O) groups is 2. The third kappa shape index (κ3) is 4.77. The molecular weight excluding hydrogens is 366 g/mol. The van der Waals surface area contributed by atoms with Crippen molar-refractivity contribution in [3.63, 3.8) is 0 Å². The topological polar surface area (TPSA) is 63.1 Å². The Morgan fingerprint density at radius 2 is 1.79 bits per heavy atom. The van der Waals surface area contributed by atoms with Crippen LogP contribution in [0.5, 0.6) is 5.75 Å². The van der Waals surface area contributed by atoms with Crippen LogP contribution in [0.3, 0.4) is 0 Å². The molecule has 2 atom stereocenters. The molecule has 6 heteroatoms. The van der Waals surface area contributed by atoms with Crippen LogP contribution in [0.4, 0.5) is 4.79 Å². The van der Waals surface area contributed by atoms with E-state index in [0.717, 1.165) is 22.8 Å². The molecule has 29 heavy (non-hydrogen) atoms. The molecule has 1 unspecified atom stereocenters. The van der Waals surface area contributed by atoms with Gasteiger partial charge in [-0.05, 0) is 49.9 Å². The third-order valence-electron chi connectivity index (χ3n) is 5.60. The van der Waals surface area contributed by atoms with E-state index in [4.69, 9.17) is 4.74 Å². The Balaban J connectivity index is 1.61. The first-order valence-corrected chi connectivity index (χ1v) is 9.95. The lowest BCUT2D eigenvalue weighted by atomic mass is 9.93. The summed E-state index contributed by atoms with van der Waals surface area (Å²) in [7, 11) is 3.63. The molecule has 1 saturated heterocycles. The maximum Gasteiger partial charge on any atom is 0.329 e. The summed E-state index contributed by atoms with van der Waals surface area (Å²) in [5, 5.41) is 2.90. The standard InChI is InChI=1S/C23H29N3O3/c1-17-7-5-6-8-19(17)15-25(3)16-26-21(27)23(2,24-22(26)28)14-13-18-9-11-20(29-4)12-10-18/h5-12H,13-16H2,1-4H3,(H,24,28)/p+1/t23-/m1/s1. The summed E-state index contributed by atoms with van der Waals surface area (Å²) in [6.07, 6.45) is 1.25. The SMILES string of the molecule is COc1ccc(CC[C@@]2(C)NC(=O)N(C[NH+](C)Cc3ccccc3C)C2=O)cc1. The number of quaternary nitrogens is 1. The second-order valence-corrected chi connectivity index (χ2v) is 8.06. The van der Waals surface area contributed by atoms with Gasteiger partial charge < -0.3 is 15.0 Å². The summed E-state index contributed by atoms with van der Waals surface area (Å²) in [6.45, 7) is 4.99. The van der Waals surface area contributed by atoms with Crippen molar-refractivity contribution in [3.05, 3.63) is 65.2 Å². The summed E-state index contributed by atoms with van der Waals surface area (Å²) < 4.78 is 5.18. The second-order valence-electron chi connectivity index (χ2n) is 8.06. The van der Waals surface area contributed by atoms with Crippen LogP contribution in [0, 0.1) is 6.92 Å². The fourth-order valence-electron chi connectivity index (χ4n) is 3.71. The highest BCUT2D eigenvalue weighted by atomic mass is 16.5. The van der Waals surface area contributed by atoms with Crippen molar-refractivity contribution in [2.75, 3.05) is 20.8 Å². The van der Waals surface area contributed by atoms with Gasteiger partial charge >= 0.3 is 6.03 Å². The number of amides is 3. The Kier molecular flexibility index (Phi) is 6.23. The van der Waals surface area contributed by atoms with Gasteiger partial charge in [-0.15, -0.1) is 0 Å². The number of aryl methyl sites for hydroxylation is 2. The lowest BCUT2D eigenvalue weighted by Crippen LogP contribution is -3.09. The number of ether oxygens (including phenoxy) is 1. The zero-order valence-electron chi connectivity index (χ0n) is 17.6. The number of methoxy groups -OCH3 is 1. The lowest BCUT2D eigenvalue weighted by Gasteiger charge is -2.23. The molecule has 2 N–H and O–H groups in total. The quantitative estimate of drug-likeness (QED) is 0.670. The molecule has 0 radical (unpaired) electrons. The molecule has 0 bridgehead atoms. The Labute approximate surface area is 172 Å². The van der Waals surface area contributed by atoms with Crippen LogP contribution in [0.15, 0.2) is 48.5 Å². The monoisotopic (exact) mass is 396 g/mol. The van der Waals surface area contributed by atoms with Gasteiger partial charge in [0.1, 0.15) is 17.8 Å². The van der Waals surface area contributed by atoms with Gasteiger partial charge in [-0.25, -0.2) is 9.69 Å². The molecule has 1 aliphatic heterocycles. The summed E-state index contributed by atoms with van der Waals surface area (Å²) in [5.41, 5.74) is 2.67. The first kappa shape index (κ1) is 20.9. The van der Waals surface area contributed by atoms with Crippen molar-refractivity contribution >= 4 is 11.9 Å². The third-order valence-corrected chi connectivity index (χ3v) is 5.60. The Morgan fingerprint density at radius 3 is 2.45 bits per heavy atom. The molecule has 0 spiro atoms. The Bertz CT molecular complexity index is 881. The van der Waals surface area contributed by atoms with E-state index in [1.807, 2.05) is 50.4 Å². The number of imide groups is 1. The number of nitrogens with one attached hydrogen (secondary N) is 2. The Hall–Kier alpha value is -2.86. The average Bonchev–Trinajstić information content (AvgIpc) is 2.92. The number of carbonyl (C=O) groups excluding carboxylic acids is 2. The Morgan fingerprint density at radius 1 is 1.10 bits per heavy atom. The highest BCUT2D eigenvalue weighted by Crippen LogP contribution is 2.23. The molecule has 1 heterocycles. The lowest BCUT2D eigenvalue weighted by molar-refractivity contribution is -0.901.